The highest BCUT2D eigenvalue weighted by Crippen LogP contribution is 2.38. The number of anilines is 2. The fourth-order valence-electron chi connectivity index (χ4n) is 6.87. The lowest BCUT2D eigenvalue weighted by atomic mass is 9.81. The molecule has 210 valence electrons. The molecule has 3 fully saturated rings. The van der Waals surface area contributed by atoms with Gasteiger partial charge in [-0.3, -0.25) is 9.78 Å². The smallest absolute Gasteiger partial charge is 0.248 e. The van der Waals surface area contributed by atoms with Gasteiger partial charge in [0, 0.05) is 55.9 Å². The van der Waals surface area contributed by atoms with Gasteiger partial charge in [-0.2, -0.15) is 4.98 Å². The molecule has 1 unspecified atom stereocenters. The highest BCUT2D eigenvalue weighted by molar-refractivity contribution is 5.94. The zero-order valence-electron chi connectivity index (χ0n) is 23.1. The van der Waals surface area contributed by atoms with E-state index in [0.717, 1.165) is 48.6 Å². The molecule has 3 aromatic heterocycles. The Bertz CT molecular complexity index is 1550. The zero-order chi connectivity index (χ0) is 27.9. The lowest BCUT2D eigenvalue weighted by molar-refractivity contribution is 0.100. The molecule has 1 aromatic carbocycles. The number of hydrogen-bond donors (Lipinski definition) is 2. The predicted octanol–water partition coefficient (Wildman–Crippen LogP) is 3.97. The van der Waals surface area contributed by atoms with Crippen molar-refractivity contribution in [3.63, 3.8) is 0 Å². The fraction of sp³-hybridized carbons (Fsp3) is 0.387. The van der Waals surface area contributed by atoms with E-state index in [1.807, 2.05) is 42.7 Å². The lowest BCUT2D eigenvalue weighted by Gasteiger charge is -2.56. The number of amides is 1. The predicted molar refractivity (Wildman–Crippen MR) is 157 cm³/mol. The van der Waals surface area contributed by atoms with E-state index in [1.165, 1.54) is 19.3 Å². The Hall–Kier alpha value is -4.31. The van der Waals surface area contributed by atoms with Crippen molar-refractivity contribution in [2.75, 3.05) is 22.9 Å². The van der Waals surface area contributed by atoms with Gasteiger partial charge in [0.1, 0.15) is 11.5 Å². The largest absolute Gasteiger partial charge is 0.369 e. The van der Waals surface area contributed by atoms with Crippen LogP contribution < -0.4 is 20.9 Å². The summed E-state index contributed by atoms with van der Waals surface area (Å²) < 4.78 is 5.11. The Morgan fingerprint density at radius 1 is 1.00 bits per heavy atom. The van der Waals surface area contributed by atoms with Gasteiger partial charge in [-0.15, -0.1) is 0 Å². The van der Waals surface area contributed by atoms with E-state index < -0.39 is 5.91 Å². The molecular formula is C31H34N8O2. The van der Waals surface area contributed by atoms with E-state index in [2.05, 4.69) is 42.4 Å². The van der Waals surface area contributed by atoms with Gasteiger partial charge in [0.25, 0.3) is 0 Å². The maximum Gasteiger partial charge on any atom is 0.248 e. The van der Waals surface area contributed by atoms with Gasteiger partial charge in [-0.05, 0) is 66.8 Å². The molecule has 4 aromatic rings. The van der Waals surface area contributed by atoms with Crippen LogP contribution in [0, 0.1) is 6.92 Å². The summed E-state index contributed by atoms with van der Waals surface area (Å²) in [6.07, 6.45) is 9.63. The average molecular weight is 551 g/mol. The summed E-state index contributed by atoms with van der Waals surface area (Å²) >= 11 is 0. The van der Waals surface area contributed by atoms with E-state index in [-0.39, 0.29) is 0 Å². The van der Waals surface area contributed by atoms with E-state index in [1.54, 1.807) is 13.0 Å². The zero-order valence-corrected chi connectivity index (χ0v) is 23.1. The summed E-state index contributed by atoms with van der Waals surface area (Å²) in [5.41, 5.74) is 9.89. The van der Waals surface area contributed by atoms with Crippen LogP contribution in [0.3, 0.4) is 0 Å². The number of piperidine rings is 1. The second-order valence-electron chi connectivity index (χ2n) is 11.3. The minimum absolute atomic E-state index is 0.297. The second-order valence-corrected chi connectivity index (χ2v) is 11.3. The third-order valence-electron chi connectivity index (χ3n) is 8.81. The van der Waals surface area contributed by atoms with E-state index in [0.29, 0.717) is 47.1 Å². The molecule has 0 bridgehead atoms. The van der Waals surface area contributed by atoms with Crippen molar-refractivity contribution in [2.24, 2.45) is 5.73 Å². The first-order valence-electron chi connectivity index (χ1n) is 14.5. The summed E-state index contributed by atoms with van der Waals surface area (Å²) in [5.74, 6) is 1.63. The highest BCUT2D eigenvalue weighted by Gasteiger charge is 2.46. The molecule has 3 N–H and O–H groups in total. The van der Waals surface area contributed by atoms with Crippen LogP contribution in [0.15, 0.2) is 65.4 Å². The molecule has 3 aliphatic rings. The number of hydrogen-bond acceptors (Lipinski definition) is 9. The van der Waals surface area contributed by atoms with Crippen LogP contribution in [-0.2, 0) is 0 Å². The molecule has 5 heterocycles. The van der Waals surface area contributed by atoms with Crippen LogP contribution >= 0.6 is 0 Å². The monoisotopic (exact) mass is 550 g/mol. The van der Waals surface area contributed by atoms with Crippen LogP contribution in [0.1, 0.15) is 48.4 Å². The number of rotatable bonds is 5. The topological polar surface area (TPSA) is 126 Å². The van der Waals surface area contributed by atoms with Crippen LogP contribution in [0.25, 0.3) is 22.6 Å². The molecule has 2 saturated heterocycles. The van der Waals surface area contributed by atoms with Crippen molar-refractivity contribution in [1.82, 2.24) is 25.4 Å². The molecule has 7 rings (SSSR count). The molecule has 10 heteroatoms. The number of pyridine rings is 2. The molecule has 1 saturated carbocycles. The Kier molecular flexibility index (Phi) is 6.62. The van der Waals surface area contributed by atoms with Gasteiger partial charge in [0.05, 0.1) is 11.9 Å². The van der Waals surface area contributed by atoms with Crippen LogP contribution in [0.4, 0.5) is 11.5 Å². The third-order valence-corrected chi connectivity index (χ3v) is 8.81. The summed E-state index contributed by atoms with van der Waals surface area (Å²) in [5, 5.41) is 8.04. The maximum atomic E-state index is 11.8. The van der Waals surface area contributed by atoms with Gasteiger partial charge < -0.3 is 25.4 Å². The number of piperazine rings is 1. The molecule has 41 heavy (non-hydrogen) atoms. The number of aromatic nitrogens is 4. The minimum atomic E-state index is -0.419. The van der Waals surface area contributed by atoms with Crippen molar-refractivity contribution in [2.45, 2.75) is 63.2 Å². The highest BCUT2D eigenvalue weighted by atomic mass is 16.5. The van der Waals surface area contributed by atoms with Crippen molar-refractivity contribution in [3.05, 3.63) is 72.4 Å². The van der Waals surface area contributed by atoms with Gasteiger partial charge in [0.2, 0.25) is 17.6 Å². The van der Waals surface area contributed by atoms with Crippen LogP contribution in [-0.4, -0.2) is 63.3 Å². The molecule has 2 aliphatic heterocycles. The first kappa shape index (κ1) is 25.6. The number of primary amides is 1. The van der Waals surface area contributed by atoms with Gasteiger partial charge in [-0.25, -0.2) is 4.98 Å². The molecular weight excluding hydrogens is 516 g/mol. The molecule has 1 aliphatic carbocycles. The number of nitrogens with one attached hydrogen (secondary N) is 1. The third kappa shape index (κ3) is 4.93. The normalized spacial score (nSPS) is 24.0. The Labute approximate surface area is 239 Å². The number of carbonyl (C=O) groups excluding carboxylic acids is 1. The molecule has 0 radical (unpaired) electrons. The number of benzene rings is 1. The number of nitrogens with two attached hydrogens (primary N) is 1. The summed E-state index contributed by atoms with van der Waals surface area (Å²) in [6, 6.07) is 17.3. The Balaban J connectivity index is 1.16. The molecule has 10 nitrogen and oxygen atoms in total. The first-order valence-corrected chi connectivity index (χ1v) is 14.5. The first-order chi connectivity index (χ1) is 20.0. The quantitative estimate of drug-likeness (QED) is 0.380. The SMILES string of the molecule is Cc1nc(-c2ccc(N3CCC4[C@@H](C3)N[C@@H]3CCCC[C@H]3N4c3cc(-c4cccc(C(N)=O)c4)ccn3)cn2)no1. The van der Waals surface area contributed by atoms with Crippen molar-refractivity contribution >= 4 is 17.4 Å². The number of aryl methyl sites for hydroxylation is 1. The van der Waals surface area contributed by atoms with E-state index in [9.17, 15) is 4.79 Å². The molecule has 1 amide bonds. The number of fused-ring (bicyclic) bond motifs is 2. The van der Waals surface area contributed by atoms with Crippen LogP contribution in [0.5, 0.6) is 0 Å². The maximum absolute atomic E-state index is 11.8. The summed E-state index contributed by atoms with van der Waals surface area (Å²) in [4.78, 5) is 30.7. The summed E-state index contributed by atoms with van der Waals surface area (Å²) in [6.45, 7) is 3.60. The molecule has 0 spiro atoms. The van der Waals surface area contributed by atoms with Gasteiger partial charge in [-0.1, -0.05) is 30.1 Å². The average Bonchev–Trinajstić information content (AvgIpc) is 3.46. The number of nitrogens with zero attached hydrogens (tertiary/aromatic N) is 6. The van der Waals surface area contributed by atoms with Crippen molar-refractivity contribution in [1.29, 1.82) is 0 Å². The van der Waals surface area contributed by atoms with Gasteiger partial charge in [0.15, 0.2) is 0 Å². The fourth-order valence-corrected chi connectivity index (χ4v) is 6.87. The van der Waals surface area contributed by atoms with Gasteiger partial charge >= 0.3 is 0 Å². The van der Waals surface area contributed by atoms with Crippen molar-refractivity contribution < 1.29 is 9.32 Å². The molecule has 4 atom stereocenters. The lowest BCUT2D eigenvalue weighted by Crippen LogP contribution is -2.72. The number of carbonyl (C=O) groups is 1. The standard InChI is InChI=1S/C31H34N8O2/c1-19-35-31(37-41-19)25-10-9-23(17-34-25)38-14-12-28-26(18-38)36-24-7-2-3-8-27(24)39(28)29-16-21(11-13-33-29)20-5-4-6-22(15-20)30(32)40/h4-6,9-11,13,15-17,24,26-28,36H,2-3,7-8,12,14,18H2,1H3,(H2,32,40)/t24-,26-,27-,28?/m1/s1. The minimum Gasteiger partial charge on any atom is -0.369 e. The summed E-state index contributed by atoms with van der Waals surface area (Å²) in [7, 11) is 0. The van der Waals surface area contributed by atoms with E-state index in [4.69, 9.17) is 15.2 Å². The Morgan fingerprint density at radius 2 is 1.85 bits per heavy atom. The Morgan fingerprint density at radius 3 is 2.66 bits per heavy atom. The van der Waals surface area contributed by atoms with Crippen LogP contribution in [0.2, 0.25) is 0 Å². The van der Waals surface area contributed by atoms with E-state index >= 15 is 0 Å². The second kappa shape index (κ2) is 10.6. The van der Waals surface area contributed by atoms with Crippen molar-refractivity contribution in [3.8, 4) is 22.6 Å².